The summed E-state index contributed by atoms with van der Waals surface area (Å²) in [6, 6.07) is 12.2. The van der Waals surface area contributed by atoms with Crippen molar-refractivity contribution in [1.82, 2.24) is 19.5 Å². The van der Waals surface area contributed by atoms with Gasteiger partial charge in [-0.1, -0.05) is 6.07 Å². The van der Waals surface area contributed by atoms with E-state index < -0.39 is 27.5 Å². The molecule has 0 unspecified atom stereocenters. The molecular weight excluding hydrogens is 476 g/mol. The topological polar surface area (TPSA) is 86.1 Å². The van der Waals surface area contributed by atoms with Crippen LogP contribution >= 0.6 is 0 Å². The Kier molecular flexibility index (Phi) is 7.32. The molecule has 0 radical (unpaired) electrons. The molecule has 2 heterocycles. The van der Waals surface area contributed by atoms with Gasteiger partial charge in [-0.2, -0.15) is 18.3 Å². The summed E-state index contributed by atoms with van der Waals surface area (Å²) in [5.74, 6) is -1.88. The number of hydrogen-bond donors (Lipinski definition) is 1. The number of ether oxygens (including phenoxy) is 1. The predicted molar refractivity (Wildman–Crippen MR) is 118 cm³/mol. The molecule has 0 aliphatic rings. The van der Waals surface area contributed by atoms with Crippen molar-refractivity contribution in [3.05, 3.63) is 65.7 Å². The molecule has 34 heavy (non-hydrogen) atoms. The number of nitrogens with zero attached hydrogens (tertiary/aromatic N) is 3. The quantitative estimate of drug-likeness (QED) is 0.440. The van der Waals surface area contributed by atoms with Crippen LogP contribution in [-0.4, -0.2) is 35.1 Å². The Morgan fingerprint density at radius 2 is 1.76 bits per heavy atom. The third-order valence-corrected chi connectivity index (χ3v) is 6.28. The molecule has 0 atom stereocenters. The molecule has 1 N–H and O–H groups in total. The average Bonchev–Trinajstić information content (AvgIpc) is 3.14. The molecule has 0 bridgehead atoms. The van der Waals surface area contributed by atoms with E-state index in [2.05, 4.69) is 14.8 Å². The molecule has 7 nitrogen and oxygen atoms in total. The van der Waals surface area contributed by atoms with Crippen molar-refractivity contribution in [3.8, 4) is 17.1 Å². The molecule has 12 heteroatoms. The lowest BCUT2D eigenvalue weighted by molar-refractivity contribution is -0.106. The fraction of sp³-hybridized carbons (Fsp3) is 0.364. The van der Waals surface area contributed by atoms with Crippen molar-refractivity contribution in [2.24, 2.45) is 0 Å². The molecule has 184 valence electrons. The van der Waals surface area contributed by atoms with E-state index in [4.69, 9.17) is 4.74 Å². The fourth-order valence-electron chi connectivity index (χ4n) is 3.29. The van der Waals surface area contributed by atoms with Crippen LogP contribution in [0.25, 0.3) is 11.4 Å². The van der Waals surface area contributed by atoms with Crippen LogP contribution in [0.4, 0.5) is 17.6 Å². The second-order valence-corrected chi connectivity index (χ2v) is 9.81. The minimum atomic E-state index is -4.86. The number of alkyl halides is 3. The molecule has 0 saturated heterocycles. The van der Waals surface area contributed by atoms with E-state index >= 15 is 0 Å². The van der Waals surface area contributed by atoms with Crippen LogP contribution in [0, 0.1) is 5.82 Å². The van der Waals surface area contributed by atoms with Crippen molar-refractivity contribution in [2.75, 3.05) is 5.75 Å². The van der Waals surface area contributed by atoms with Crippen LogP contribution in [0.1, 0.15) is 32.2 Å². The number of halogens is 4. The van der Waals surface area contributed by atoms with E-state index in [1.165, 1.54) is 44.2 Å². The third-order valence-electron chi connectivity index (χ3n) is 4.75. The highest BCUT2D eigenvalue weighted by molar-refractivity contribution is 7.89. The molecule has 0 spiro atoms. The zero-order chi connectivity index (χ0) is 25.1. The first-order valence-corrected chi connectivity index (χ1v) is 11.9. The standard InChI is InChI=1S/C22H24F4N4O3S/c1-4-30-19(12-16(28-30)13-33-17-10-8-15(23)9-11-17)18-6-5-7-20(27-18)21(2,3)29-34(31,32)14-22(24,25)26/h5-12,29H,4,13-14H2,1-3H3. The summed E-state index contributed by atoms with van der Waals surface area (Å²) in [4.78, 5) is 4.49. The highest BCUT2D eigenvalue weighted by Gasteiger charge is 2.38. The molecule has 3 rings (SSSR count). The maximum absolute atomic E-state index is 13.1. The number of pyridine rings is 1. The van der Waals surface area contributed by atoms with Crippen LogP contribution in [-0.2, 0) is 28.7 Å². The van der Waals surface area contributed by atoms with Crippen molar-refractivity contribution in [2.45, 2.75) is 45.6 Å². The first-order valence-electron chi connectivity index (χ1n) is 10.3. The Hall–Kier alpha value is -2.99. The Bertz CT molecular complexity index is 1240. The van der Waals surface area contributed by atoms with E-state index in [-0.39, 0.29) is 18.1 Å². The Labute approximate surface area is 194 Å². The molecule has 0 aliphatic carbocycles. The van der Waals surface area contributed by atoms with Gasteiger partial charge in [-0.05, 0) is 63.2 Å². The second-order valence-electron chi connectivity index (χ2n) is 8.09. The molecule has 1 aromatic carbocycles. The number of hydrogen-bond acceptors (Lipinski definition) is 5. The molecule has 0 aliphatic heterocycles. The smallest absolute Gasteiger partial charge is 0.404 e. The van der Waals surface area contributed by atoms with Crippen LogP contribution in [0.3, 0.4) is 0 Å². The summed E-state index contributed by atoms with van der Waals surface area (Å²) in [6.07, 6.45) is -4.86. The van der Waals surface area contributed by atoms with Gasteiger partial charge in [0.1, 0.15) is 23.9 Å². The summed E-state index contributed by atoms with van der Waals surface area (Å²) in [5.41, 5.74) is 0.507. The number of rotatable bonds is 9. The predicted octanol–water partition coefficient (Wildman–Crippen LogP) is 4.40. The van der Waals surface area contributed by atoms with E-state index in [1.54, 1.807) is 22.9 Å². The van der Waals surface area contributed by atoms with Gasteiger partial charge >= 0.3 is 6.18 Å². The van der Waals surface area contributed by atoms with Gasteiger partial charge in [0, 0.05) is 6.54 Å². The maximum atomic E-state index is 13.1. The molecule has 2 aromatic heterocycles. The van der Waals surface area contributed by atoms with Gasteiger partial charge in [-0.25, -0.2) is 22.5 Å². The number of aromatic nitrogens is 3. The Morgan fingerprint density at radius 1 is 1.09 bits per heavy atom. The number of sulfonamides is 1. The van der Waals surface area contributed by atoms with Gasteiger partial charge in [0.25, 0.3) is 0 Å². The zero-order valence-electron chi connectivity index (χ0n) is 18.7. The normalized spacial score (nSPS) is 12.7. The Morgan fingerprint density at radius 3 is 2.38 bits per heavy atom. The lowest BCUT2D eigenvalue weighted by Crippen LogP contribution is -2.45. The van der Waals surface area contributed by atoms with E-state index in [9.17, 15) is 26.0 Å². The first kappa shape index (κ1) is 25.6. The average molecular weight is 501 g/mol. The lowest BCUT2D eigenvalue weighted by Gasteiger charge is -2.26. The highest BCUT2D eigenvalue weighted by atomic mass is 32.2. The summed E-state index contributed by atoms with van der Waals surface area (Å²) in [6.45, 7) is 5.37. The number of nitrogens with one attached hydrogen (secondary N) is 1. The third kappa shape index (κ3) is 6.76. The molecule has 0 fully saturated rings. The van der Waals surface area contributed by atoms with Crippen molar-refractivity contribution >= 4 is 10.0 Å². The van der Waals surface area contributed by atoms with E-state index in [1.807, 2.05) is 6.92 Å². The van der Waals surface area contributed by atoms with Crippen LogP contribution < -0.4 is 9.46 Å². The SMILES string of the molecule is CCn1nc(COc2ccc(F)cc2)cc1-c1cccc(C(C)(C)NS(=O)(=O)CC(F)(F)F)n1. The molecule has 0 amide bonds. The summed E-state index contributed by atoms with van der Waals surface area (Å²) >= 11 is 0. The highest BCUT2D eigenvalue weighted by Crippen LogP contribution is 2.26. The van der Waals surface area contributed by atoms with Crippen LogP contribution in [0.2, 0.25) is 0 Å². The molecule has 0 saturated carbocycles. The molecular formula is C22H24F4N4O3S. The maximum Gasteiger partial charge on any atom is 0.404 e. The summed E-state index contributed by atoms with van der Waals surface area (Å²) in [7, 11) is -4.64. The summed E-state index contributed by atoms with van der Waals surface area (Å²) < 4.78 is 84.3. The number of aryl methyl sites for hydroxylation is 1. The largest absolute Gasteiger partial charge is 0.487 e. The Balaban J connectivity index is 1.83. The number of benzene rings is 1. The fourth-order valence-corrected chi connectivity index (χ4v) is 4.68. The van der Waals surface area contributed by atoms with Crippen molar-refractivity contribution < 1.29 is 30.7 Å². The van der Waals surface area contributed by atoms with Gasteiger partial charge in [0.15, 0.2) is 5.75 Å². The van der Waals surface area contributed by atoms with Crippen LogP contribution in [0.5, 0.6) is 5.75 Å². The monoisotopic (exact) mass is 500 g/mol. The van der Waals surface area contributed by atoms with E-state index in [0.717, 1.165) is 0 Å². The van der Waals surface area contributed by atoms with E-state index in [0.29, 0.717) is 29.4 Å². The van der Waals surface area contributed by atoms with Gasteiger partial charge in [-0.15, -0.1) is 0 Å². The van der Waals surface area contributed by atoms with Gasteiger partial charge in [-0.3, -0.25) is 4.68 Å². The summed E-state index contributed by atoms with van der Waals surface area (Å²) in [5, 5.41) is 4.47. The van der Waals surface area contributed by atoms with Gasteiger partial charge in [0.05, 0.1) is 22.6 Å². The van der Waals surface area contributed by atoms with Crippen molar-refractivity contribution in [3.63, 3.8) is 0 Å². The second kappa shape index (κ2) is 9.71. The minimum Gasteiger partial charge on any atom is -0.487 e. The lowest BCUT2D eigenvalue weighted by atomic mass is 10.0. The van der Waals surface area contributed by atoms with Crippen molar-refractivity contribution in [1.29, 1.82) is 0 Å². The van der Waals surface area contributed by atoms with Gasteiger partial charge < -0.3 is 4.74 Å². The minimum absolute atomic E-state index is 0.119. The van der Waals surface area contributed by atoms with Gasteiger partial charge in [0.2, 0.25) is 10.0 Å². The zero-order valence-corrected chi connectivity index (χ0v) is 19.5. The molecule has 3 aromatic rings. The van der Waals surface area contributed by atoms with Crippen LogP contribution in [0.15, 0.2) is 48.5 Å². The first-order chi connectivity index (χ1) is 15.8.